The summed E-state index contributed by atoms with van der Waals surface area (Å²) in [4.78, 5) is 8.08. The molecule has 1 aromatic heterocycles. The van der Waals surface area contributed by atoms with Gasteiger partial charge in [-0.15, -0.1) is 0 Å². The molecule has 0 aliphatic heterocycles. The lowest BCUT2D eigenvalue weighted by Gasteiger charge is -2.04. The van der Waals surface area contributed by atoms with E-state index in [-0.39, 0.29) is 0 Å². The number of benzene rings is 1. The maximum atomic E-state index is 5.63. The third kappa shape index (κ3) is 1.61. The van der Waals surface area contributed by atoms with Gasteiger partial charge in [0.2, 0.25) is 0 Å². The Kier molecular flexibility index (Phi) is 2.21. The molecule has 3 N–H and O–H groups in total. The fraction of sp³-hybridized carbons (Fsp3) is 0.462. The standard InChI is InChI=1S/C13H17N3/c1-8(10-3-4-10)13-15-11-5-2-9(7-14)6-12(11)16-13/h2,5-6,8,10H,3-4,7,14H2,1H3,(H,15,16). The van der Waals surface area contributed by atoms with Crippen molar-refractivity contribution in [1.82, 2.24) is 9.97 Å². The first-order valence-corrected chi connectivity index (χ1v) is 5.96. The Hall–Kier alpha value is -1.35. The minimum Gasteiger partial charge on any atom is -0.342 e. The Morgan fingerprint density at radius 2 is 2.31 bits per heavy atom. The van der Waals surface area contributed by atoms with E-state index < -0.39 is 0 Å². The number of hydrogen-bond acceptors (Lipinski definition) is 2. The zero-order valence-electron chi connectivity index (χ0n) is 9.53. The predicted molar refractivity (Wildman–Crippen MR) is 65.1 cm³/mol. The van der Waals surface area contributed by atoms with E-state index in [0.717, 1.165) is 28.3 Å². The molecule has 1 atom stereocenters. The number of aromatic amines is 1. The Labute approximate surface area is 95.1 Å². The molecule has 3 rings (SSSR count). The van der Waals surface area contributed by atoms with E-state index in [9.17, 15) is 0 Å². The highest BCUT2D eigenvalue weighted by Crippen LogP contribution is 2.41. The van der Waals surface area contributed by atoms with Crippen molar-refractivity contribution in [3.63, 3.8) is 0 Å². The quantitative estimate of drug-likeness (QED) is 0.826. The largest absolute Gasteiger partial charge is 0.342 e. The highest BCUT2D eigenvalue weighted by atomic mass is 14.9. The molecule has 1 aliphatic rings. The minimum absolute atomic E-state index is 0.564. The molecule has 1 heterocycles. The van der Waals surface area contributed by atoms with Gasteiger partial charge in [0.25, 0.3) is 0 Å². The van der Waals surface area contributed by atoms with Crippen LogP contribution in [0.4, 0.5) is 0 Å². The van der Waals surface area contributed by atoms with Gasteiger partial charge in [-0.05, 0) is 36.5 Å². The number of hydrogen-bond donors (Lipinski definition) is 2. The number of aromatic nitrogens is 2. The number of nitrogens with one attached hydrogen (secondary N) is 1. The molecule has 1 saturated carbocycles. The van der Waals surface area contributed by atoms with Crippen molar-refractivity contribution in [2.75, 3.05) is 0 Å². The fourth-order valence-corrected chi connectivity index (χ4v) is 2.24. The molecule has 0 amide bonds. The summed E-state index contributed by atoms with van der Waals surface area (Å²) in [7, 11) is 0. The second kappa shape index (κ2) is 3.59. The van der Waals surface area contributed by atoms with Crippen LogP contribution in [0.5, 0.6) is 0 Å². The number of rotatable bonds is 3. The molecule has 0 spiro atoms. The monoisotopic (exact) mass is 215 g/mol. The molecule has 16 heavy (non-hydrogen) atoms. The lowest BCUT2D eigenvalue weighted by Crippen LogP contribution is -1.97. The molecule has 84 valence electrons. The molecule has 3 heteroatoms. The molecule has 3 nitrogen and oxygen atoms in total. The molecule has 1 fully saturated rings. The van der Waals surface area contributed by atoms with Crippen molar-refractivity contribution in [2.45, 2.75) is 32.2 Å². The van der Waals surface area contributed by atoms with E-state index in [1.54, 1.807) is 0 Å². The number of imidazole rings is 1. The highest BCUT2D eigenvalue weighted by Gasteiger charge is 2.30. The normalized spacial score (nSPS) is 17.9. The maximum absolute atomic E-state index is 5.63. The van der Waals surface area contributed by atoms with E-state index in [4.69, 9.17) is 5.73 Å². The van der Waals surface area contributed by atoms with Crippen molar-refractivity contribution in [3.8, 4) is 0 Å². The van der Waals surface area contributed by atoms with Crippen molar-refractivity contribution in [1.29, 1.82) is 0 Å². The van der Waals surface area contributed by atoms with Gasteiger partial charge >= 0.3 is 0 Å². The summed E-state index contributed by atoms with van der Waals surface area (Å²) < 4.78 is 0. The third-order valence-electron chi connectivity index (χ3n) is 3.56. The summed E-state index contributed by atoms with van der Waals surface area (Å²) in [5.74, 6) is 2.54. The second-order valence-corrected chi connectivity index (χ2v) is 4.80. The number of fused-ring (bicyclic) bond motifs is 1. The van der Waals surface area contributed by atoms with Crippen LogP contribution in [0, 0.1) is 5.92 Å². The molecule has 0 bridgehead atoms. The van der Waals surface area contributed by atoms with E-state index in [2.05, 4.69) is 35.1 Å². The van der Waals surface area contributed by atoms with Crippen LogP contribution in [0.3, 0.4) is 0 Å². The summed E-state index contributed by atoms with van der Waals surface area (Å²) in [6.45, 7) is 2.85. The summed E-state index contributed by atoms with van der Waals surface area (Å²) in [5.41, 5.74) is 8.96. The van der Waals surface area contributed by atoms with Crippen LogP contribution in [0.15, 0.2) is 18.2 Å². The van der Waals surface area contributed by atoms with Crippen LogP contribution in [-0.2, 0) is 6.54 Å². The number of nitrogens with two attached hydrogens (primary N) is 1. The molecule has 1 aromatic carbocycles. The molecule has 2 aromatic rings. The Morgan fingerprint density at radius 1 is 1.50 bits per heavy atom. The van der Waals surface area contributed by atoms with Crippen LogP contribution >= 0.6 is 0 Å². The zero-order chi connectivity index (χ0) is 11.1. The minimum atomic E-state index is 0.564. The van der Waals surface area contributed by atoms with Gasteiger partial charge in [0.1, 0.15) is 5.82 Å². The second-order valence-electron chi connectivity index (χ2n) is 4.80. The van der Waals surface area contributed by atoms with E-state index in [1.807, 2.05) is 0 Å². The molecule has 1 unspecified atom stereocenters. The van der Waals surface area contributed by atoms with Crippen molar-refractivity contribution in [3.05, 3.63) is 29.6 Å². The predicted octanol–water partition coefficient (Wildman–Crippen LogP) is 2.54. The fourth-order valence-electron chi connectivity index (χ4n) is 2.24. The number of H-pyrrole nitrogens is 1. The SMILES string of the molecule is CC(c1nc2ccc(CN)cc2[nH]1)C1CC1. The van der Waals surface area contributed by atoms with Gasteiger partial charge < -0.3 is 10.7 Å². The Balaban J connectivity index is 2.01. The highest BCUT2D eigenvalue weighted by molar-refractivity contribution is 5.76. The van der Waals surface area contributed by atoms with Gasteiger partial charge in [-0.1, -0.05) is 13.0 Å². The summed E-state index contributed by atoms with van der Waals surface area (Å²) in [6.07, 6.45) is 2.71. The average Bonchev–Trinajstić information content (AvgIpc) is 3.06. The molecular formula is C13H17N3. The van der Waals surface area contributed by atoms with Crippen LogP contribution < -0.4 is 5.73 Å². The van der Waals surface area contributed by atoms with Crippen LogP contribution in [0.1, 0.15) is 37.1 Å². The van der Waals surface area contributed by atoms with Gasteiger partial charge in [-0.2, -0.15) is 0 Å². The topological polar surface area (TPSA) is 54.7 Å². The van der Waals surface area contributed by atoms with Gasteiger partial charge in [0.05, 0.1) is 11.0 Å². The van der Waals surface area contributed by atoms with E-state index >= 15 is 0 Å². The summed E-state index contributed by atoms with van der Waals surface area (Å²) in [5, 5.41) is 0. The third-order valence-corrected chi connectivity index (χ3v) is 3.56. The Bertz CT molecular complexity index is 511. The van der Waals surface area contributed by atoms with Crippen LogP contribution in [0.25, 0.3) is 11.0 Å². The van der Waals surface area contributed by atoms with E-state index in [0.29, 0.717) is 12.5 Å². The van der Waals surface area contributed by atoms with Gasteiger partial charge in [-0.3, -0.25) is 0 Å². The lowest BCUT2D eigenvalue weighted by molar-refractivity contribution is 0.630. The van der Waals surface area contributed by atoms with E-state index in [1.165, 1.54) is 12.8 Å². The number of nitrogens with zero attached hydrogens (tertiary/aromatic N) is 1. The molecule has 0 saturated heterocycles. The summed E-state index contributed by atoms with van der Waals surface area (Å²) >= 11 is 0. The lowest BCUT2D eigenvalue weighted by atomic mass is 10.1. The van der Waals surface area contributed by atoms with Crippen molar-refractivity contribution in [2.24, 2.45) is 11.7 Å². The maximum Gasteiger partial charge on any atom is 0.110 e. The first kappa shape index (κ1) is 9.85. The molecule has 0 radical (unpaired) electrons. The zero-order valence-corrected chi connectivity index (χ0v) is 9.53. The van der Waals surface area contributed by atoms with Gasteiger partial charge in [0, 0.05) is 12.5 Å². The molecule has 1 aliphatic carbocycles. The average molecular weight is 215 g/mol. The van der Waals surface area contributed by atoms with Crippen LogP contribution in [-0.4, -0.2) is 9.97 Å². The first-order chi connectivity index (χ1) is 7.78. The summed E-state index contributed by atoms with van der Waals surface area (Å²) in [6, 6.07) is 6.21. The Morgan fingerprint density at radius 3 is 3.00 bits per heavy atom. The van der Waals surface area contributed by atoms with Crippen LogP contribution in [0.2, 0.25) is 0 Å². The smallest absolute Gasteiger partial charge is 0.110 e. The van der Waals surface area contributed by atoms with Crippen molar-refractivity contribution < 1.29 is 0 Å². The van der Waals surface area contributed by atoms with Gasteiger partial charge in [-0.25, -0.2) is 4.98 Å². The first-order valence-electron chi connectivity index (χ1n) is 5.96. The molecular weight excluding hydrogens is 198 g/mol. The van der Waals surface area contributed by atoms with Crippen molar-refractivity contribution >= 4 is 11.0 Å². The van der Waals surface area contributed by atoms with Gasteiger partial charge in [0.15, 0.2) is 0 Å².